The Morgan fingerprint density at radius 2 is 0.726 bits per heavy atom. The molecular weight excluding hydrogens is 913 g/mol. The van der Waals surface area contributed by atoms with E-state index in [0.717, 1.165) is 11.5 Å². The van der Waals surface area contributed by atoms with E-state index in [1.54, 1.807) is 11.3 Å². The molecule has 10 aromatic rings. The van der Waals surface area contributed by atoms with Gasteiger partial charge < -0.3 is 9.47 Å². The van der Waals surface area contributed by atoms with E-state index in [1.165, 1.54) is 99.9 Å². The SMILES string of the molecule is Cc1cc2sc(-c3sc(C)c4c3OCCO4)cc2s1.Cc1ccc(-c2ccc(-c3ccc(C)s3)s2)cc1.Cc1ccc(-c2ccc(C)s2)cc1.Cc1ccc(-c2ccc(C)s2)s1. The molecule has 0 amide bonds. The van der Waals surface area contributed by atoms with Crippen molar-refractivity contribution in [2.75, 3.05) is 13.2 Å². The molecule has 2 aromatic carbocycles. The molecule has 0 radical (unpaired) electrons. The van der Waals surface area contributed by atoms with Gasteiger partial charge in [0.1, 0.15) is 13.2 Å². The largest absolute Gasteiger partial charge is 0.485 e. The second-order valence-corrected chi connectivity index (χ2v) is 24.9. The summed E-state index contributed by atoms with van der Waals surface area (Å²) < 4.78 is 14.3. The smallest absolute Gasteiger partial charge is 0.181 e. The number of fused-ring (bicyclic) bond motifs is 2. The van der Waals surface area contributed by atoms with Gasteiger partial charge in [-0.25, -0.2) is 0 Å². The molecule has 0 fully saturated rings. The number of rotatable bonds is 5. The summed E-state index contributed by atoms with van der Waals surface area (Å²) in [6.45, 7) is 18.4. The third-order valence-electron chi connectivity index (χ3n) is 9.84. The van der Waals surface area contributed by atoms with Crippen LogP contribution in [0.2, 0.25) is 0 Å². The molecule has 9 heterocycles. The number of hydrogen-bond donors (Lipinski definition) is 0. The van der Waals surface area contributed by atoms with E-state index in [0.29, 0.717) is 13.2 Å². The van der Waals surface area contributed by atoms with Crippen LogP contribution in [0.5, 0.6) is 11.5 Å². The lowest BCUT2D eigenvalue weighted by atomic mass is 10.1. The number of thiophene rings is 8. The summed E-state index contributed by atoms with van der Waals surface area (Å²) in [6, 6.07) is 43.9. The Labute approximate surface area is 398 Å². The van der Waals surface area contributed by atoms with Gasteiger partial charge in [0.15, 0.2) is 11.5 Å². The molecule has 1 aliphatic heterocycles. The van der Waals surface area contributed by atoms with Crippen LogP contribution in [0, 0.1) is 55.4 Å². The van der Waals surface area contributed by atoms with Crippen LogP contribution >= 0.6 is 90.7 Å². The van der Waals surface area contributed by atoms with Crippen LogP contribution in [0.15, 0.2) is 121 Å². The van der Waals surface area contributed by atoms with Crippen molar-refractivity contribution in [1.82, 2.24) is 0 Å². The van der Waals surface area contributed by atoms with Crippen molar-refractivity contribution in [1.29, 1.82) is 0 Å². The third-order valence-corrected chi connectivity index (χ3v) is 18.9. The molecule has 0 saturated carbocycles. The molecule has 11 rings (SSSR count). The standard InChI is InChI=1S/C16H14S2.C14H12O2S3.C12H12S.C10H10S2/c1-11-3-6-13(7-4-11)14-9-10-16(18-14)15-8-5-12(2)17-15;1-7-5-9-10(17-7)6-11(19-9)14-13-12(8(2)18-14)15-3-4-16-13;1-9-3-6-11(7-4-9)12-8-5-10(2)13-12;1-7-3-5-9(11-7)10-6-4-8(2)12-10/h3-10H,1-2H3;5-6H,3-4H2,1-2H3;3-8H,1-2H3;3-6H,1-2H3. The van der Waals surface area contributed by atoms with Gasteiger partial charge in [0.2, 0.25) is 0 Å². The van der Waals surface area contributed by atoms with E-state index < -0.39 is 0 Å². The Hall–Kier alpha value is -4.10. The summed E-state index contributed by atoms with van der Waals surface area (Å²) in [4.78, 5) is 18.8. The van der Waals surface area contributed by atoms with Crippen LogP contribution in [-0.4, -0.2) is 13.2 Å². The minimum Gasteiger partial charge on any atom is -0.485 e. The van der Waals surface area contributed by atoms with Gasteiger partial charge in [-0.1, -0.05) is 59.7 Å². The Morgan fingerprint density at radius 3 is 1.19 bits per heavy atom. The van der Waals surface area contributed by atoms with Gasteiger partial charge in [-0.15, -0.1) is 90.7 Å². The molecule has 0 aliphatic carbocycles. The van der Waals surface area contributed by atoms with Crippen molar-refractivity contribution in [2.24, 2.45) is 0 Å². The van der Waals surface area contributed by atoms with Crippen LogP contribution in [0.25, 0.3) is 59.5 Å². The van der Waals surface area contributed by atoms with Crippen molar-refractivity contribution >= 4 is 100 Å². The van der Waals surface area contributed by atoms with Gasteiger partial charge in [0.05, 0.1) is 9.75 Å². The van der Waals surface area contributed by atoms with Gasteiger partial charge in [0, 0.05) is 67.9 Å². The summed E-state index contributed by atoms with van der Waals surface area (Å²) >= 11 is 14.8. The maximum absolute atomic E-state index is 5.82. The Kier molecular flexibility index (Phi) is 14.5. The minimum atomic E-state index is 0.648. The molecule has 316 valence electrons. The molecular formula is C52H48O2S8. The fraction of sp³-hybridized carbons (Fsp3) is 0.192. The third kappa shape index (κ3) is 11.0. The van der Waals surface area contributed by atoms with Crippen molar-refractivity contribution < 1.29 is 9.47 Å². The normalized spacial score (nSPS) is 11.7. The van der Waals surface area contributed by atoms with Crippen molar-refractivity contribution in [2.45, 2.75) is 55.4 Å². The highest BCUT2D eigenvalue weighted by molar-refractivity contribution is 7.31. The first-order chi connectivity index (χ1) is 29.9. The summed E-state index contributed by atoms with van der Waals surface area (Å²) in [5.41, 5.74) is 5.26. The Bertz CT molecular complexity index is 2930. The highest BCUT2D eigenvalue weighted by Crippen LogP contribution is 2.52. The number of benzene rings is 2. The van der Waals surface area contributed by atoms with Crippen molar-refractivity contribution in [3.63, 3.8) is 0 Å². The lowest BCUT2D eigenvalue weighted by molar-refractivity contribution is 0.173. The maximum Gasteiger partial charge on any atom is 0.181 e. The molecule has 8 aromatic heterocycles. The van der Waals surface area contributed by atoms with Crippen LogP contribution in [-0.2, 0) is 0 Å². The maximum atomic E-state index is 5.82. The van der Waals surface area contributed by atoms with E-state index in [1.807, 2.05) is 79.4 Å². The molecule has 2 nitrogen and oxygen atoms in total. The number of hydrogen-bond acceptors (Lipinski definition) is 10. The van der Waals surface area contributed by atoms with Gasteiger partial charge in [-0.3, -0.25) is 0 Å². The molecule has 0 bridgehead atoms. The molecule has 62 heavy (non-hydrogen) atoms. The second kappa shape index (κ2) is 20.2. The highest BCUT2D eigenvalue weighted by atomic mass is 32.1. The van der Waals surface area contributed by atoms with Gasteiger partial charge in [-0.2, -0.15) is 0 Å². The quantitative estimate of drug-likeness (QED) is 0.171. The van der Waals surface area contributed by atoms with Crippen molar-refractivity contribution in [3.8, 4) is 61.6 Å². The highest BCUT2D eigenvalue weighted by Gasteiger charge is 2.24. The lowest BCUT2D eigenvalue weighted by Gasteiger charge is -2.16. The fourth-order valence-corrected chi connectivity index (χ4v) is 14.8. The van der Waals surface area contributed by atoms with Crippen LogP contribution in [0.4, 0.5) is 0 Å². The molecule has 0 saturated heterocycles. The summed E-state index contributed by atoms with van der Waals surface area (Å²) in [5, 5.41) is 0. The van der Waals surface area contributed by atoms with E-state index in [-0.39, 0.29) is 0 Å². The Morgan fingerprint density at radius 1 is 0.323 bits per heavy atom. The van der Waals surface area contributed by atoms with E-state index >= 15 is 0 Å². The second-order valence-electron chi connectivity index (χ2n) is 15.1. The topological polar surface area (TPSA) is 18.5 Å². The van der Waals surface area contributed by atoms with Crippen molar-refractivity contribution in [3.05, 3.63) is 162 Å². The Balaban J connectivity index is 0.000000116. The van der Waals surface area contributed by atoms with Crippen LogP contribution < -0.4 is 9.47 Å². The predicted octanol–water partition coefficient (Wildman–Crippen LogP) is 19.0. The summed E-state index contributed by atoms with van der Waals surface area (Å²) in [6.07, 6.45) is 0. The minimum absolute atomic E-state index is 0.648. The van der Waals surface area contributed by atoms with E-state index in [4.69, 9.17) is 9.47 Å². The molecule has 0 N–H and O–H groups in total. The monoisotopic (exact) mass is 960 g/mol. The number of aryl methyl sites for hydroxylation is 8. The average molecular weight is 961 g/mol. The zero-order valence-corrected chi connectivity index (χ0v) is 42.6. The average Bonchev–Trinajstić information content (AvgIpc) is 4.12. The zero-order chi connectivity index (χ0) is 43.3. The summed E-state index contributed by atoms with van der Waals surface area (Å²) in [5.74, 6) is 1.89. The predicted molar refractivity (Wildman–Crippen MR) is 282 cm³/mol. The van der Waals surface area contributed by atoms with Crippen LogP contribution in [0.3, 0.4) is 0 Å². The van der Waals surface area contributed by atoms with Gasteiger partial charge in [-0.05, 0) is 139 Å². The lowest BCUT2D eigenvalue weighted by Crippen LogP contribution is -2.14. The first kappa shape index (κ1) is 44.5. The molecule has 0 atom stereocenters. The molecule has 10 heteroatoms. The van der Waals surface area contributed by atoms with E-state index in [9.17, 15) is 0 Å². The van der Waals surface area contributed by atoms with Crippen LogP contribution in [0.1, 0.15) is 40.4 Å². The molecule has 0 spiro atoms. The fourth-order valence-electron chi connectivity index (χ4n) is 6.68. The van der Waals surface area contributed by atoms with Gasteiger partial charge in [0.25, 0.3) is 0 Å². The number of ether oxygens (including phenoxy) is 2. The van der Waals surface area contributed by atoms with E-state index in [2.05, 4.69) is 177 Å². The van der Waals surface area contributed by atoms with Gasteiger partial charge >= 0.3 is 0 Å². The first-order valence-electron chi connectivity index (χ1n) is 20.4. The zero-order valence-electron chi connectivity index (χ0n) is 36.0. The first-order valence-corrected chi connectivity index (χ1v) is 26.9. The molecule has 0 unspecified atom stereocenters. The summed E-state index contributed by atoms with van der Waals surface area (Å²) in [7, 11) is 0. The molecule has 1 aliphatic rings.